The number of carbonyl (C=O) groups excluding carboxylic acids is 1. The Labute approximate surface area is 76.1 Å². The van der Waals surface area contributed by atoms with Gasteiger partial charge in [-0.15, -0.1) is 0 Å². The zero-order chi connectivity index (χ0) is 9.42. The van der Waals surface area contributed by atoms with Crippen LogP contribution in [0.1, 0.15) is 19.3 Å². The van der Waals surface area contributed by atoms with E-state index in [-0.39, 0.29) is 23.9 Å². The second-order valence-electron chi connectivity index (χ2n) is 3.73. The molecule has 13 heavy (non-hydrogen) atoms. The molecule has 2 fully saturated rings. The largest absolute Gasteiger partial charge is 0.462 e. The minimum Gasteiger partial charge on any atom is -0.462 e. The minimum absolute atomic E-state index is 0.0681. The van der Waals surface area contributed by atoms with Gasteiger partial charge in [0, 0.05) is 24.7 Å². The summed E-state index contributed by atoms with van der Waals surface area (Å²) in [6.45, 7) is 0. The van der Waals surface area contributed by atoms with E-state index in [2.05, 4.69) is 0 Å². The lowest BCUT2D eigenvalue weighted by atomic mass is 9.90. The zero-order valence-corrected chi connectivity index (χ0v) is 7.14. The first-order valence-electron chi connectivity index (χ1n) is 4.47. The predicted octanol–water partition coefficient (Wildman–Crippen LogP) is 0.213. The van der Waals surface area contributed by atoms with Crippen molar-refractivity contribution in [2.45, 2.75) is 31.5 Å². The van der Waals surface area contributed by atoms with E-state index in [0.717, 1.165) is 0 Å². The van der Waals surface area contributed by atoms with Crippen molar-refractivity contribution in [3.05, 3.63) is 0 Å². The van der Waals surface area contributed by atoms with Crippen LogP contribution in [0, 0.1) is 23.2 Å². The second kappa shape index (κ2) is 3.00. The fraction of sp³-hybridized carbons (Fsp3) is 0.778. The van der Waals surface area contributed by atoms with Crippen molar-refractivity contribution < 1.29 is 14.6 Å². The van der Waals surface area contributed by atoms with E-state index < -0.39 is 6.10 Å². The summed E-state index contributed by atoms with van der Waals surface area (Å²) in [5.41, 5.74) is 0. The molecule has 0 aromatic carbocycles. The summed E-state index contributed by atoms with van der Waals surface area (Å²) in [7, 11) is 0. The van der Waals surface area contributed by atoms with Crippen molar-refractivity contribution in [1.29, 1.82) is 5.26 Å². The average molecular weight is 181 g/mol. The first-order valence-corrected chi connectivity index (χ1v) is 4.47. The number of aliphatic hydroxyl groups is 1. The summed E-state index contributed by atoms with van der Waals surface area (Å²) < 4.78 is 5.02. The predicted molar refractivity (Wildman–Crippen MR) is 42.3 cm³/mol. The van der Waals surface area contributed by atoms with E-state index in [1.54, 1.807) is 0 Å². The Morgan fingerprint density at radius 2 is 2.46 bits per heavy atom. The van der Waals surface area contributed by atoms with Gasteiger partial charge in [0.25, 0.3) is 0 Å². The molecule has 0 aromatic heterocycles. The number of esters is 1. The second-order valence-corrected chi connectivity index (χ2v) is 3.73. The normalized spacial score (nSPS) is 42.6. The summed E-state index contributed by atoms with van der Waals surface area (Å²) in [5.74, 6) is -0.187. The standard InChI is InChI=1S/C9H11NO3/c10-2-1-5-6-3-9(12)13-8(6)4-7(5)11/h5-8,11H,1,3-4H2. The lowest BCUT2D eigenvalue weighted by Gasteiger charge is -2.14. The molecule has 0 bridgehead atoms. The van der Waals surface area contributed by atoms with E-state index in [1.165, 1.54) is 0 Å². The van der Waals surface area contributed by atoms with E-state index >= 15 is 0 Å². The number of nitriles is 1. The third-order valence-electron chi connectivity index (χ3n) is 3.01. The van der Waals surface area contributed by atoms with Crippen molar-refractivity contribution in [3.8, 4) is 6.07 Å². The van der Waals surface area contributed by atoms with E-state index in [9.17, 15) is 9.90 Å². The van der Waals surface area contributed by atoms with Crippen LogP contribution in [-0.4, -0.2) is 23.3 Å². The highest BCUT2D eigenvalue weighted by molar-refractivity contribution is 5.72. The number of nitrogens with zero attached hydrogens (tertiary/aromatic N) is 1. The summed E-state index contributed by atoms with van der Waals surface area (Å²) in [5, 5.41) is 18.1. The summed E-state index contributed by atoms with van der Waals surface area (Å²) in [6.07, 6.45) is 0.582. The van der Waals surface area contributed by atoms with Gasteiger partial charge in [-0.05, 0) is 0 Å². The maximum absolute atomic E-state index is 10.9. The van der Waals surface area contributed by atoms with Gasteiger partial charge in [-0.3, -0.25) is 4.79 Å². The van der Waals surface area contributed by atoms with Gasteiger partial charge in [-0.2, -0.15) is 5.26 Å². The highest BCUT2D eigenvalue weighted by Gasteiger charge is 2.49. The Morgan fingerprint density at radius 1 is 1.69 bits per heavy atom. The van der Waals surface area contributed by atoms with Crippen molar-refractivity contribution in [2.24, 2.45) is 11.8 Å². The maximum atomic E-state index is 10.9. The Bertz CT molecular complexity index is 271. The molecule has 4 unspecified atom stereocenters. The highest BCUT2D eigenvalue weighted by atomic mass is 16.6. The molecule has 2 aliphatic rings. The van der Waals surface area contributed by atoms with Gasteiger partial charge >= 0.3 is 5.97 Å². The number of rotatable bonds is 1. The summed E-state index contributed by atoms with van der Waals surface area (Å²) >= 11 is 0. The Kier molecular flexibility index (Phi) is 1.97. The van der Waals surface area contributed by atoms with Gasteiger partial charge in [0.2, 0.25) is 0 Å². The van der Waals surface area contributed by atoms with Crippen molar-refractivity contribution in [1.82, 2.24) is 0 Å². The van der Waals surface area contributed by atoms with E-state index in [4.69, 9.17) is 10.00 Å². The lowest BCUT2D eigenvalue weighted by Crippen LogP contribution is -2.19. The lowest BCUT2D eigenvalue weighted by molar-refractivity contribution is -0.141. The first-order chi connectivity index (χ1) is 6.22. The zero-order valence-electron chi connectivity index (χ0n) is 7.14. The fourth-order valence-electron chi connectivity index (χ4n) is 2.37. The van der Waals surface area contributed by atoms with Crippen LogP contribution < -0.4 is 0 Å². The molecule has 1 heterocycles. The molecule has 4 nitrogen and oxygen atoms in total. The van der Waals surface area contributed by atoms with Crippen LogP contribution in [0.5, 0.6) is 0 Å². The third-order valence-corrected chi connectivity index (χ3v) is 3.01. The van der Waals surface area contributed by atoms with Crippen LogP contribution >= 0.6 is 0 Å². The maximum Gasteiger partial charge on any atom is 0.306 e. The van der Waals surface area contributed by atoms with Crippen LogP contribution in [0.15, 0.2) is 0 Å². The highest BCUT2D eigenvalue weighted by Crippen LogP contribution is 2.42. The van der Waals surface area contributed by atoms with Gasteiger partial charge in [0.15, 0.2) is 0 Å². The van der Waals surface area contributed by atoms with Crippen molar-refractivity contribution in [2.75, 3.05) is 0 Å². The van der Waals surface area contributed by atoms with Crippen molar-refractivity contribution >= 4 is 5.97 Å². The quantitative estimate of drug-likeness (QED) is 0.587. The molecule has 4 atom stereocenters. The van der Waals surface area contributed by atoms with Gasteiger partial charge in [-0.1, -0.05) is 0 Å². The number of fused-ring (bicyclic) bond motifs is 1. The molecule has 0 amide bonds. The number of carbonyl (C=O) groups is 1. The number of hydrogen-bond acceptors (Lipinski definition) is 4. The van der Waals surface area contributed by atoms with Gasteiger partial charge in [0.05, 0.1) is 18.6 Å². The number of ether oxygens (including phenoxy) is 1. The molecule has 4 heteroatoms. The van der Waals surface area contributed by atoms with Crippen LogP contribution in [0.4, 0.5) is 0 Å². The smallest absolute Gasteiger partial charge is 0.306 e. The minimum atomic E-state index is -0.470. The fourth-order valence-corrected chi connectivity index (χ4v) is 2.37. The molecule has 1 N–H and O–H groups in total. The topological polar surface area (TPSA) is 70.3 Å². The van der Waals surface area contributed by atoms with Crippen molar-refractivity contribution in [3.63, 3.8) is 0 Å². The van der Waals surface area contributed by atoms with Crippen LogP contribution in [0.25, 0.3) is 0 Å². The van der Waals surface area contributed by atoms with Crippen LogP contribution in [0.3, 0.4) is 0 Å². The average Bonchev–Trinajstić information content (AvgIpc) is 2.52. The Balaban J connectivity index is 2.11. The van der Waals surface area contributed by atoms with E-state index in [0.29, 0.717) is 19.3 Å². The number of aliphatic hydroxyl groups excluding tert-OH is 1. The Morgan fingerprint density at radius 3 is 3.15 bits per heavy atom. The molecule has 1 aliphatic heterocycles. The van der Waals surface area contributed by atoms with Gasteiger partial charge in [-0.25, -0.2) is 0 Å². The molecule has 70 valence electrons. The molecule has 0 spiro atoms. The van der Waals surface area contributed by atoms with Crippen LogP contribution in [-0.2, 0) is 9.53 Å². The molecule has 1 saturated carbocycles. The molecule has 0 radical (unpaired) electrons. The summed E-state index contributed by atoms with van der Waals surface area (Å²) in [6, 6.07) is 2.04. The van der Waals surface area contributed by atoms with Crippen LogP contribution in [0.2, 0.25) is 0 Å². The monoisotopic (exact) mass is 181 g/mol. The van der Waals surface area contributed by atoms with E-state index in [1.807, 2.05) is 6.07 Å². The molecular formula is C9H11NO3. The molecule has 1 saturated heterocycles. The third kappa shape index (κ3) is 1.29. The molecule has 2 rings (SSSR count). The van der Waals surface area contributed by atoms with Gasteiger partial charge < -0.3 is 9.84 Å². The first kappa shape index (κ1) is 8.52. The molecule has 0 aromatic rings. The molecular weight excluding hydrogens is 170 g/mol. The molecule has 1 aliphatic carbocycles. The SMILES string of the molecule is N#CCC1C(O)CC2OC(=O)CC21. The summed E-state index contributed by atoms with van der Waals surface area (Å²) in [4.78, 5) is 10.9. The Hall–Kier alpha value is -1.08. The number of hydrogen-bond donors (Lipinski definition) is 1. The van der Waals surface area contributed by atoms with Gasteiger partial charge in [0.1, 0.15) is 6.10 Å².